The summed E-state index contributed by atoms with van der Waals surface area (Å²) in [6.45, 7) is 9.20. The van der Waals surface area contributed by atoms with E-state index in [9.17, 15) is 33.6 Å². The molecule has 0 saturated heterocycles. The fraction of sp³-hybridized carbons (Fsp3) is 0.516. The zero-order valence-corrected chi connectivity index (χ0v) is 27.6. The van der Waals surface area contributed by atoms with Gasteiger partial charge in [0.05, 0.1) is 6.54 Å². The Morgan fingerprint density at radius 2 is 1.60 bits per heavy atom. The number of carbonyl (C=O) groups excluding carboxylic acids is 5. The number of unbranched alkanes of at least 4 members (excludes halogenated alkanes) is 1. The van der Waals surface area contributed by atoms with Crippen molar-refractivity contribution in [3.05, 3.63) is 68.5 Å². The van der Waals surface area contributed by atoms with Crippen LogP contribution in [0.4, 0.5) is 9.59 Å². The maximum Gasteiger partial charge on any atom is 0.408 e. The van der Waals surface area contributed by atoms with E-state index in [0.717, 1.165) is 4.57 Å². The number of H-pyrrole nitrogens is 1. The summed E-state index contributed by atoms with van der Waals surface area (Å²) in [6.07, 6.45) is 0.731. The summed E-state index contributed by atoms with van der Waals surface area (Å²) in [4.78, 5) is 89.7. The van der Waals surface area contributed by atoms with Crippen molar-refractivity contribution in [1.29, 1.82) is 0 Å². The lowest BCUT2D eigenvalue weighted by atomic mass is 10.0. The number of alkyl carbamates (subject to hydrolysis) is 2. The van der Waals surface area contributed by atoms with Crippen LogP contribution >= 0.6 is 0 Å². The van der Waals surface area contributed by atoms with Gasteiger partial charge in [-0.1, -0.05) is 30.3 Å². The summed E-state index contributed by atoms with van der Waals surface area (Å²) < 4.78 is 11.4. The molecular formula is C31H45N7O9. The third-order valence-electron chi connectivity index (χ3n) is 6.63. The van der Waals surface area contributed by atoms with Crippen molar-refractivity contribution in [1.82, 2.24) is 30.8 Å². The number of nitrogens with one attached hydrogen (secondary N) is 5. The van der Waals surface area contributed by atoms with E-state index in [1.54, 1.807) is 51.1 Å². The van der Waals surface area contributed by atoms with Crippen LogP contribution < -0.4 is 38.2 Å². The van der Waals surface area contributed by atoms with Gasteiger partial charge >= 0.3 is 17.9 Å². The number of nitrogens with two attached hydrogens (primary N) is 1. The predicted octanol–water partition coefficient (Wildman–Crippen LogP) is 0.700. The first-order valence-corrected chi connectivity index (χ1v) is 15.0. The second-order valence-corrected chi connectivity index (χ2v) is 12.4. The maximum atomic E-state index is 13.5. The number of hydrogen-bond donors (Lipinski definition) is 6. The molecule has 7 N–H and O–H groups in total. The Balaban J connectivity index is 2.08. The molecule has 258 valence electrons. The van der Waals surface area contributed by atoms with E-state index in [4.69, 9.17) is 15.2 Å². The van der Waals surface area contributed by atoms with Gasteiger partial charge in [0, 0.05) is 18.3 Å². The van der Waals surface area contributed by atoms with E-state index < -0.39 is 70.9 Å². The molecule has 0 aliphatic heterocycles. The fourth-order valence-electron chi connectivity index (χ4n) is 4.11. The van der Waals surface area contributed by atoms with Gasteiger partial charge in [0.2, 0.25) is 17.7 Å². The van der Waals surface area contributed by atoms with Gasteiger partial charge in [-0.25, -0.2) is 14.4 Å². The minimum Gasteiger partial charge on any atom is -0.445 e. The summed E-state index contributed by atoms with van der Waals surface area (Å²) in [5, 5.41) is 10.1. The topological polar surface area (TPSA) is 233 Å². The normalized spacial score (nSPS) is 12.6. The molecule has 0 saturated carbocycles. The molecule has 2 atom stereocenters. The number of hydrogen-bond acceptors (Lipinski definition) is 9. The Labute approximate surface area is 272 Å². The number of ether oxygens (including phenoxy) is 2. The van der Waals surface area contributed by atoms with Gasteiger partial charge in [0.25, 0.3) is 5.56 Å². The highest BCUT2D eigenvalue weighted by atomic mass is 16.6. The molecule has 0 radical (unpaired) electrons. The van der Waals surface area contributed by atoms with E-state index in [2.05, 4.69) is 26.3 Å². The van der Waals surface area contributed by atoms with Crippen molar-refractivity contribution in [2.45, 2.75) is 97.2 Å². The van der Waals surface area contributed by atoms with Crippen LogP contribution in [0.5, 0.6) is 0 Å². The quantitative estimate of drug-likeness (QED) is 0.148. The molecular weight excluding hydrogens is 614 g/mol. The van der Waals surface area contributed by atoms with Crippen LogP contribution in [0.3, 0.4) is 0 Å². The molecule has 1 heterocycles. The van der Waals surface area contributed by atoms with Gasteiger partial charge in [-0.3, -0.25) is 28.7 Å². The number of amides is 5. The van der Waals surface area contributed by atoms with Crippen LogP contribution in [-0.4, -0.2) is 69.2 Å². The first-order valence-electron chi connectivity index (χ1n) is 15.0. The molecule has 1 aromatic heterocycles. The van der Waals surface area contributed by atoms with Crippen LogP contribution in [0.2, 0.25) is 0 Å². The molecule has 0 aliphatic carbocycles. The zero-order chi connectivity index (χ0) is 35.4. The van der Waals surface area contributed by atoms with Crippen molar-refractivity contribution in [2.75, 3.05) is 6.54 Å². The first-order chi connectivity index (χ1) is 21.9. The van der Waals surface area contributed by atoms with Crippen LogP contribution in [0.15, 0.2) is 46.1 Å². The lowest BCUT2D eigenvalue weighted by Crippen LogP contribution is -2.62. The number of carbonyl (C=O) groups is 5. The number of primary amides is 1. The Kier molecular flexibility index (Phi) is 13.7. The third kappa shape index (κ3) is 13.4. The minimum absolute atomic E-state index is 0.0990. The van der Waals surface area contributed by atoms with Gasteiger partial charge in [0.15, 0.2) is 0 Å². The van der Waals surface area contributed by atoms with Crippen LogP contribution in [0.1, 0.15) is 65.0 Å². The number of benzene rings is 1. The number of nitrogens with zero attached hydrogens (tertiary/aromatic N) is 1. The van der Waals surface area contributed by atoms with Crippen molar-refractivity contribution in [3.8, 4) is 0 Å². The monoisotopic (exact) mass is 659 g/mol. The molecule has 16 nitrogen and oxygen atoms in total. The van der Waals surface area contributed by atoms with Crippen molar-refractivity contribution in [2.24, 2.45) is 5.73 Å². The molecule has 0 aliphatic rings. The molecule has 5 amide bonds. The van der Waals surface area contributed by atoms with Crippen LogP contribution in [0, 0.1) is 6.92 Å². The van der Waals surface area contributed by atoms with E-state index in [1.165, 1.54) is 27.0 Å². The Morgan fingerprint density at radius 3 is 2.21 bits per heavy atom. The van der Waals surface area contributed by atoms with Crippen molar-refractivity contribution >= 4 is 29.9 Å². The summed E-state index contributed by atoms with van der Waals surface area (Å²) >= 11 is 0. The molecule has 47 heavy (non-hydrogen) atoms. The second-order valence-electron chi connectivity index (χ2n) is 12.4. The van der Waals surface area contributed by atoms with Gasteiger partial charge in [-0.15, -0.1) is 0 Å². The molecule has 16 heteroatoms. The maximum absolute atomic E-state index is 13.5. The molecule has 0 bridgehead atoms. The van der Waals surface area contributed by atoms with Crippen molar-refractivity contribution < 1.29 is 33.4 Å². The van der Waals surface area contributed by atoms with E-state index in [-0.39, 0.29) is 25.1 Å². The van der Waals surface area contributed by atoms with Crippen LogP contribution in [-0.2, 0) is 37.0 Å². The highest BCUT2D eigenvalue weighted by molar-refractivity contribution is 5.95. The molecule has 2 rings (SSSR count). The number of rotatable bonds is 15. The van der Waals surface area contributed by atoms with Crippen molar-refractivity contribution in [3.63, 3.8) is 0 Å². The standard InChI is InChI=1S/C31H45N7O9/c1-19-16-38(27(43)36-24(19)40)17-22(35-29(45)46-18-20-12-8-7-9-13-20)25(41)37-31(5,6)26(42)34-21(23(32)39)14-10-11-15-33-28(44)47-30(2,3)4/h7-9,12-13,16,21-22H,10-11,14-15,17-18H2,1-6H3,(H2,32,39)(H,33,44)(H,34,42)(H,35,45)(H,37,41)(H,36,40,43)/t21-,22-/m0/s1. The Hall–Kier alpha value is -5.15. The Bertz CT molecular complexity index is 1530. The van der Waals surface area contributed by atoms with Gasteiger partial charge in [0.1, 0.15) is 29.8 Å². The summed E-state index contributed by atoms with van der Waals surface area (Å²) in [5.74, 6) is -2.40. The molecule has 1 aromatic carbocycles. The lowest BCUT2D eigenvalue weighted by molar-refractivity contribution is -0.135. The highest BCUT2D eigenvalue weighted by Gasteiger charge is 2.35. The first kappa shape index (κ1) is 38.0. The number of aromatic nitrogens is 2. The SMILES string of the molecule is Cc1cn(C[C@H](NC(=O)OCc2ccccc2)C(=O)NC(C)(C)C(=O)N[C@@H](CCCCNC(=O)OC(C)(C)C)C(N)=O)c(=O)[nH]c1=O. The lowest BCUT2D eigenvalue weighted by Gasteiger charge is -2.29. The smallest absolute Gasteiger partial charge is 0.408 e. The zero-order valence-electron chi connectivity index (χ0n) is 27.6. The summed E-state index contributed by atoms with van der Waals surface area (Å²) in [6, 6.07) is 6.28. The predicted molar refractivity (Wildman–Crippen MR) is 171 cm³/mol. The summed E-state index contributed by atoms with van der Waals surface area (Å²) in [7, 11) is 0. The van der Waals surface area contributed by atoms with Gasteiger partial charge in [-0.2, -0.15) is 0 Å². The fourth-order valence-corrected chi connectivity index (χ4v) is 4.11. The van der Waals surface area contributed by atoms with Gasteiger partial charge < -0.3 is 36.5 Å². The number of aromatic amines is 1. The number of aryl methyl sites for hydroxylation is 1. The largest absolute Gasteiger partial charge is 0.445 e. The summed E-state index contributed by atoms with van der Waals surface area (Å²) in [5.41, 5.74) is 2.69. The highest BCUT2D eigenvalue weighted by Crippen LogP contribution is 2.09. The molecule has 0 spiro atoms. The minimum atomic E-state index is -1.62. The second kappa shape index (κ2) is 17.0. The molecule has 2 aromatic rings. The van der Waals surface area contributed by atoms with Crippen LogP contribution in [0.25, 0.3) is 0 Å². The molecule has 0 fully saturated rings. The molecule has 0 unspecified atom stereocenters. The van der Waals surface area contributed by atoms with E-state index >= 15 is 0 Å². The van der Waals surface area contributed by atoms with Gasteiger partial charge in [-0.05, 0) is 66.4 Å². The van der Waals surface area contributed by atoms with E-state index in [1.807, 2.05) is 0 Å². The van der Waals surface area contributed by atoms with E-state index in [0.29, 0.717) is 18.4 Å². The average Bonchev–Trinajstić information content (AvgIpc) is 2.96. The Morgan fingerprint density at radius 1 is 0.936 bits per heavy atom. The average molecular weight is 660 g/mol. The third-order valence-corrected chi connectivity index (χ3v) is 6.63.